The van der Waals surface area contributed by atoms with Gasteiger partial charge in [0.1, 0.15) is 0 Å². The molecular formula is C14H14Pd+2. The van der Waals surface area contributed by atoms with Crippen molar-refractivity contribution in [3.05, 3.63) is 87.8 Å². The van der Waals surface area contributed by atoms with Gasteiger partial charge in [0, 0.05) is 0 Å². The molecule has 1 aliphatic carbocycles. The van der Waals surface area contributed by atoms with Gasteiger partial charge in [0.2, 0.25) is 0 Å². The first-order valence-electron chi connectivity index (χ1n) is 4.61. The number of hydrogen-bond acceptors (Lipinski definition) is 0. The minimum atomic E-state index is 0. The Bertz CT molecular complexity index is 206. The summed E-state index contributed by atoms with van der Waals surface area (Å²) in [5.41, 5.74) is 1.20. The van der Waals surface area contributed by atoms with Gasteiger partial charge in [-0.15, -0.1) is 0 Å². The fourth-order valence-electron chi connectivity index (χ4n) is 1.02. The maximum absolute atomic E-state index is 3.60. The molecule has 1 aliphatic rings. The van der Waals surface area contributed by atoms with E-state index in [4.69, 9.17) is 0 Å². The molecule has 0 bridgehead atoms. The van der Waals surface area contributed by atoms with Crippen LogP contribution in [-0.2, 0) is 20.4 Å². The van der Waals surface area contributed by atoms with Crippen LogP contribution in [0.2, 0.25) is 0 Å². The third kappa shape index (κ3) is 7.77. The maximum Gasteiger partial charge on any atom is 2.00 e. The van der Waals surface area contributed by atoms with Crippen LogP contribution in [0.5, 0.6) is 0 Å². The summed E-state index contributed by atoms with van der Waals surface area (Å²) in [4.78, 5) is 0. The molecule has 1 fully saturated rings. The summed E-state index contributed by atoms with van der Waals surface area (Å²) < 4.78 is 0. The summed E-state index contributed by atoms with van der Waals surface area (Å²) >= 11 is 0. The molecule has 0 aromatic heterocycles. The number of benzene rings is 1. The quantitative estimate of drug-likeness (QED) is 0.733. The largest absolute Gasteiger partial charge is 2.00 e. The zero-order valence-electron chi connectivity index (χ0n) is 8.45. The van der Waals surface area contributed by atoms with Gasteiger partial charge in [0.15, 0.2) is 0 Å². The van der Waals surface area contributed by atoms with E-state index in [0.717, 1.165) is 0 Å². The van der Waals surface area contributed by atoms with Crippen LogP contribution in [0.4, 0.5) is 0 Å². The third-order valence-corrected chi connectivity index (χ3v) is 1.67. The Balaban J connectivity index is 0.000000280. The van der Waals surface area contributed by atoms with Crippen molar-refractivity contribution in [3.63, 3.8) is 0 Å². The molecule has 0 heterocycles. The van der Waals surface area contributed by atoms with Gasteiger partial charge in [-0.25, -0.2) is 0 Å². The average molecular weight is 289 g/mol. The summed E-state index contributed by atoms with van der Waals surface area (Å²) in [5.74, 6) is 0. The molecular weight excluding hydrogens is 275 g/mol. The first kappa shape index (κ1) is 14.9. The van der Waals surface area contributed by atoms with E-state index in [1.165, 1.54) is 5.56 Å². The predicted octanol–water partition coefficient (Wildman–Crippen LogP) is 3.30. The van der Waals surface area contributed by atoms with E-state index >= 15 is 0 Å². The molecule has 2 rings (SSSR count). The van der Waals surface area contributed by atoms with Crippen LogP contribution in [0.25, 0.3) is 0 Å². The minimum Gasteiger partial charge on any atom is -0.0622 e. The molecule has 1 saturated carbocycles. The average Bonchev–Trinajstić information content (AvgIpc) is 2.78. The van der Waals surface area contributed by atoms with E-state index in [1.807, 2.05) is 68.9 Å². The van der Waals surface area contributed by atoms with Crippen molar-refractivity contribution < 1.29 is 20.4 Å². The van der Waals surface area contributed by atoms with Crippen LogP contribution in [-0.4, -0.2) is 0 Å². The Labute approximate surface area is 108 Å². The Morgan fingerprint density at radius 1 is 0.800 bits per heavy atom. The zero-order valence-corrected chi connectivity index (χ0v) is 10.0. The Kier molecular flexibility index (Phi) is 10.3. The topological polar surface area (TPSA) is 0 Å². The SMILES string of the molecule is [CH2][CH][CH]c1ccccc1.[CH]1[CH][CH][CH][CH]1.[Pd+2]. The Hall–Kier alpha value is -0.118. The van der Waals surface area contributed by atoms with Crippen LogP contribution < -0.4 is 0 Å². The zero-order chi connectivity index (χ0) is 10.1. The van der Waals surface area contributed by atoms with Gasteiger partial charge >= 0.3 is 20.4 Å². The molecule has 0 saturated heterocycles. The summed E-state index contributed by atoms with van der Waals surface area (Å²) in [6, 6.07) is 10.1. The second kappa shape index (κ2) is 10.4. The van der Waals surface area contributed by atoms with E-state index in [0.29, 0.717) is 0 Å². The van der Waals surface area contributed by atoms with Crippen LogP contribution in [0.15, 0.2) is 30.3 Å². The van der Waals surface area contributed by atoms with Gasteiger partial charge in [0.05, 0.1) is 0 Å². The van der Waals surface area contributed by atoms with Gasteiger partial charge in [0.25, 0.3) is 0 Å². The molecule has 0 spiro atoms. The molecule has 78 valence electrons. The monoisotopic (exact) mass is 288 g/mol. The predicted molar refractivity (Wildman–Crippen MR) is 61.0 cm³/mol. The molecule has 15 heavy (non-hydrogen) atoms. The molecule has 0 N–H and O–H groups in total. The van der Waals surface area contributed by atoms with E-state index < -0.39 is 0 Å². The van der Waals surface area contributed by atoms with Crippen LogP contribution in [0.3, 0.4) is 0 Å². The van der Waals surface area contributed by atoms with Gasteiger partial charge in [-0.2, -0.15) is 0 Å². The maximum atomic E-state index is 3.60. The van der Waals surface area contributed by atoms with Gasteiger partial charge < -0.3 is 0 Å². The minimum absolute atomic E-state index is 0. The number of rotatable bonds is 2. The van der Waals surface area contributed by atoms with E-state index in [9.17, 15) is 0 Å². The van der Waals surface area contributed by atoms with E-state index in [2.05, 4.69) is 6.92 Å². The number of hydrogen-bond donors (Lipinski definition) is 0. The van der Waals surface area contributed by atoms with Crippen molar-refractivity contribution in [2.24, 2.45) is 0 Å². The van der Waals surface area contributed by atoms with Crippen molar-refractivity contribution in [1.82, 2.24) is 0 Å². The third-order valence-electron chi connectivity index (χ3n) is 1.67. The molecule has 8 radical (unpaired) electrons. The molecule has 0 atom stereocenters. The first-order chi connectivity index (χ1) is 6.93. The van der Waals surface area contributed by atoms with E-state index in [-0.39, 0.29) is 20.4 Å². The molecule has 0 nitrogen and oxygen atoms in total. The summed E-state index contributed by atoms with van der Waals surface area (Å²) in [7, 11) is 0. The molecule has 0 unspecified atom stereocenters. The van der Waals surface area contributed by atoms with Crippen molar-refractivity contribution in [2.45, 2.75) is 0 Å². The smallest absolute Gasteiger partial charge is 0.0622 e. The fraction of sp³-hybridized carbons (Fsp3) is 0. The van der Waals surface area contributed by atoms with Crippen molar-refractivity contribution in [3.8, 4) is 0 Å². The molecule has 0 aliphatic heterocycles. The fourth-order valence-corrected chi connectivity index (χ4v) is 1.02. The van der Waals surface area contributed by atoms with E-state index in [1.54, 1.807) is 6.42 Å². The second-order valence-electron chi connectivity index (χ2n) is 2.78. The van der Waals surface area contributed by atoms with Crippen molar-refractivity contribution in [2.75, 3.05) is 0 Å². The van der Waals surface area contributed by atoms with Gasteiger partial charge in [-0.1, -0.05) is 30.3 Å². The van der Waals surface area contributed by atoms with Crippen LogP contribution in [0, 0.1) is 51.9 Å². The standard InChI is InChI=1S/C9H9.C5H5.Pd/c1-2-6-9-7-4-3-5-8-9;1-2-4-5-3-1;/h2-8H,1H2;1-5H;/q;;+2. The van der Waals surface area contributed by atoms with Crippen LogP contribution in [0.1, 0.15) is 5.56 Å². The molecule has 0 amide bonds. The molecule has 1 aromatic carbocycles. The van der Waals surface area contributed by atoms with Gasteiger partial charge in [-0.05, 0) is 57.4 Å². The molecule has 1 heteroatoms. The second-order valence-corrected chi connectivity index (χ2v) is 2.78. The Morgan fingerprint density at radius 3 is 1.67 bits per heavy atom. The van der Waals surface area contributed by atoms with Crippen LogP contribution >= 0.6 is 0 Å². The van der Waals surface area contributed by atoms with Crippen molar-refractivity contribution >= 4 is 0 Å². The van der Waals surface area contributed by atoms with Crippen molar-refractivity contribution in [1.29, 1.82) is 0 Å². The first-order valence-corrected chi connectivity index (χ1v) is 4.61. The Morgan fingerprint density at radius 2 is 1.27 bits per heavy atom. The normalized spacial score (nSPS) is 13.7. The summed E-state index contributed by atoms with van der Waals surface area (Å²) in [6.07, 6.45) is 13.8. The van der Waals surface area contributed by atoms with Gasteiger partial charge in [-0.3, -0.25) is 0 Å². The summed E-state index contributed by atoms with van der Waals surface area (Å²) in [5, 5.41) is 0. The molecule has 1 aromatic rings. The summed E-state index contributed by atoms with van der Waals surface area (Å²) in [6.45, 7) is 3.60.